The molecule has 4 aromatic heterocycles. The van der Waals surface area contributed by atoms with E-state index < -0.39 is 30.4 Å². The molecule has 0 radical (unpaired) electrons. The van der Waals surface area contributed by atoms with Crippen LogP contribution in [0.4, 0.5) is 11.5 Å². The zero-order valence-electron chi connectivity index (χ0n) is 18.2. The highest BCUT2D eigenvalue weighted by atomic mass is 32.1. The standard InChI is InChI=1S/C21H19N9O4S/c1-29-5-4-11(26-29)10-7-30(19-14(10)18(22)23-8-24-19)21-16(32)15(31)17(34-21)20(33)25-9-2-3-12-13(6-9)28-35-27-12/h2-8,15-17,21,31-32H,1H3,(H,25,33)(H2,22,23,24)/t15-,16+,17-,21+/m0/s1. The van der Waals surface area contributed by atoms with E-state index in [1.807, 2.05) is 0 Å². The van der Waals surface area contributed by atoms with Crippen LogP contribution in [0.1, 0.15) is 6.23 Å². The Balaban J connectivity index is 1.33. The molecule has 5 aromatic rings. The summed E-state index contributed by atoms with van der Waals surface area (Å²) in [5.74, 6) is -0.388. The summed E-state index contributed by atoms with van der Waals surface area (Å²) in [5, 5.41) is 29.2. The van der Waals surface area contributed by atoms with Crippen LogP contribution >= 0.6 is 11.7 Å². The number of hydrogen-bond donors (Lipinski definition) is 4. The van der Waals surface area contributed by atoms with Crippen molar-refractivity contribution in [2.24, 2.45) is 7.05 Å². The van der Waals surface area contributed by atoms with Crippen LogP contribution in [0.3, 0.4) is 0 Å². The predicted molar refractivity (Wildman–Crippen MR) is 126 cm³/mol. The smallest absolute Gasteiger partial charge is 0.256 e. The van der Waals surface area contributed by atoms with Gasteiger partial charge in [0, 0.05) is 30.7 Å². The van der Waals surface area contributed by atoms with Crippen molar-refractivity contribution >= 4 is 51.2 Å². The molecule has 1 fully saturated rings. The van der Waals surface area contributed by atoms with Gasteiger partial charge < -0.3 is 30.6 Å². The lowest BCUT2D eigenvalue weighted by Gasteiger charge is -2.17. The van der Waals surface area contributed by atoms with Crippen molar-refractivity contribution in [2.75, 3.05) is 11.1 Å². The summed E-state index contributed by atoms with van der Waals surface area (Å²) in [6.45, 7) is 0. The number of amides is 1. The monoisotopic (exact) mass is 493 g/mol. The van der Waals surface area contributed by atoms with E-state index in [1.165, 1.54) is 10.9 Å². The summed E-state index contributed by atoms with van der Waals surface area (Å²) in [6.07, 6.45) is -0.611. The lowest BCUT2D eigenvalue weighted by atomic mass is 10.1. The van der Waals surface area contributed by atoms with E-state index in [0.29, 0.717) is 39.0 Å². The number of aryl methyl sites for hydroxylation is 1. The highest BCUT2D eigenvalue weighted by molar-refractivity contribution is 7.00. The van der Waals surface area contributed by atoms with Crippen LogP contribution in [0.5, 0.6) is 0 Å². The third-order valence-corrected chi connectivity index (χ3v) is 6.48. The SMILES string of the molecule is Cn1ccc(-c2cn([C@@H]3O[C@H](C(=O)Nc4ccc5nsnc5c4)[C@@H](O)[C@H]3O)c3ncnc(N)c23)n1. The Bertz CT molecular complexity index is 1580. The molecule has 5 N–H and O–H groups in total. The molecule has 4 atom stereocenters. The zero-order chi connectivity index (χ0) is 24.3. The van der Waals surface area contributed by atoms with E-state index >= 15 is 0 Å². The van der Waals surface area contributed by atoms with Crippen molar-refractivity contribution < 1.29 is 19.7 Å². The number of ether oxygens (including phenoxy) is 1. The first-order chi connectivity index (χ1) is 16.9. The Hall–Kier alpha value is -3.98. The minimum absolute atomic E-state index is 0.226. The van der Waals surface area contributed by atoms with E-state index in [-0.39, 0.29) is 5.82 Å². The topological polar surface area (TPSA) is 179 Å². The van der Waals surface area contributed by atoms with Crippen molar-refractivity contribution in [3.05, 3.63) is 43.0 Å². The Morgan fingerprint density at radius 2 is 2.00 bits per heavy atom. The molecular formula is C21H19N9O4S. The lowest BCUT2D eigenvalue weighted by Crippen LogP contribution is -2.39. The van der Waals surface area contributed by atoms with E-state index in [0.717, 1.165) is 11.7 Å². The molecule has 1 aliphatic heterocycles. The van der Waals surface area contributed by atoms with Crippen LogP contribution < -0.4 is 11.1 Å². The van der Waals surface area contributed by atoms with Crippen LogP contribution in [-0.2, 0) is 16.6 Å². The summed E-state index contributed by atoms with van der Waals surface area (Å²) in [4.78, 5) is 21.3. The molecule has 0 aliphatic carbocycles. The number of benzene rings is 1. The lowest BCUT2D eigenvalue weighted by molar-refractivity contribution is -0.132. The number of aliphatic hydroxyl groups excluding tert-OH is 2. The molecule has 1 saturated heterocycles. The van der Waals surface area contributed by atoms with Gasteiger partial charge in [0.1, 0.15) is 41.0 Å². The van der Waals surface area contributed by atoms with Gasteiger partial charge in [-0.15, -0.1) is 0 Å². The minimum atomic E-state index is -1.49. The van der Waals surface area contributed by atoms with Crippen LogP contribution in [-0.4, -0.2) is 67.5 Å². The second-order valence-corrected chi connectivity index (χ2v) is 8.70. The molecule has 13 nitrogen and oxygen atoms in total. The van der Waals surface area contributed by atoms with Crippen LogP contribution in [0.2, 0.25) is 0 Å². The quantitative estimate of drug-likeness (QED) is 0.278. The number of aliphatic hydroxyl groups is 2. The number of nitrogens with zero attached hydrogens (tertiary/aromatic N) is 7. The Labute approximate surface area is 201 Å². The first-order valence-electron chi connectivity index (χ1n) is 10.6. The summed E-state index contributed by atoms with van der Waals surface area (Å²) >= 11 is 1.07. The van der Waals surface area contributed by atoms with Crippen LogP contribution in [0, 0.1) is 0 Å². The van der Waals surface area contributed by atoms with Gasteiger partial charge in [-0.1, -0.05) is 0 Å². The third kappa shape index (κ3) is 3.50. The first kappa shape index (κ1) is 21.5. The summed E-state index contributed by atoms with van der Waals surface area (Å²) in [7, 11) is 1.79. The van der Waals surface area contributed by atoms with Gasteiger partial charge in [-0.2, -0.15) is 13.8 Å². The summed E-state index contributed by atoms with van der Waals surface area (Å²) in [6, 6.07) is 6.88. The van der Waals surface area contributed by atoms with Crippen LogP contribution in [0.15, 0.2) is 43.0 Å². The number of carbonyl (C=O) groups is 1. The molecule has 178 valence electrons. The largest absolute Gasteiger partial charge is 0.387 e. The molecule has 0 bridgehead atoms. The molecule has 1 aromatic carbocycles. The molecule has 5 heterocycles. The number of rotatable bonds is 4. The average molecular weight is 494 g/mol. The van der Waals surface area contributed by atoms with E-state index in [9.17, 15) is 15.0 Å². The number of nitrogens with two attached hydrogens (primary N) is 1. The molecular weight excluding hydrogens is 474 g/mol. The van der Waals surface area contributed by atoms with Crippen molar-refractivity contribution in [3.8, 4) is 11.3 Å². The number of nitrogen functional groups attached to an aromatic ring is 1. The second kappa shape index (κ2) is 8.06. The van der Waals surface area contributed by atoms with Crippen molar-refractivity contribution in [1.29, 1.82) is 0 Å². The Morgan fingerprint density at radius 3 is 2.80 bits per heavy atom. The van der Waals surface area contributed by atoms with Gasteiger partial charge in [-0.3, -0.25) is 9.48 Å². The number of hydrogen-bond acceptors (Lipinski definition) is 11. The molecule has 14 heteroatoms. The highest BCUT2D eigenvalue weighted by Gasteiger charge is 2.48. The maximum Gasteiger partial charge on any atom is 0.256 e. The molecule has 35 heavy (non-hydrogen) atoms. The fourth-order valence-electron chi connectivity index (χ4n) is 4.23. The van der Waals surface area contributed by atoms with Gasteiger partial charge >= 0.3 is 0 Å². The van der Waals surface area contributed by atoms with Gasteiger partial charge in [-0.25, -0.2) is 9.97 Å². The number of nitrogens with one attached hydrogen (secondary N) is 1. The maximum atomic E-state index is 13.0. The third-order valence-electron chi connectivity index (χ3n) is 5.92. The molecule has 6 rings (SSSR count). The summed E-state index contributed by atoms with van der Waals surface area (Å²) < 4.78 is 17.3. The molecule has 1 amide bonds. The molecule has 0 unspecified atom stereocenters. The first-order valence-corrected chi connectivity index (χ1v) is 11.3. The van der Waals surface area contributed by atoms with Crippen molar-refractivity contribution in [1.82, 2.24) is 33.1 Å². The number of carbonyl (C=O) groups excluding carboxylic acids is 1. The Morgan fingerprint density at radius 1 is 1.17 bits per heavy atom. The zero-order valence-corrected chi connectivity index (χ0v) is 19.0. The number of fused-ring (bicyclic) bond motifs is 2. The number of anilines is 2. The van der Waals surface area contributed by atoms with E-state index in [2.05, 4.69) is 29.1 Å². The van der Waals surface area contributed by atoms with Gasteiger partial charge in [0.05, 0.1) is 22.8 Å². The number of aromatic nitrogens is 7. The predicted octanol–water partition coefficient (Wildman–Crippen LogP) is 0.677. The normalized spacial score (nSPS) is 22.3. The van der Waals surface area contributed by atoms with Crippen molar-refractivity contribution in [3.63, 3.8) is 0 Å². The average Bonchev–Trinajstić information content (AvgIpc) is 3.61. The van der Waals surface area contributed by atoms with Gasteiger partial charge in [0.25, 0.3) is 5.91 Å². The fraction of sp³-hybridized carbons (Fsp3) is 0.238. The summed E-state index contributed by atoms with van der Waals surface area (Å²) in [5.41, 5.74) is 9.58. The van der Waals surface area contributed by atoms with E-state index in [4.69, 9.17) is 10.5 Å². The van der Waals surface area contributed by atoms with Gasteiger partial charge in [0.2, 0.25) is 0 Å². The van der Waals surface area contributed by atoms with Gasteiger partial charge in [-0.05, 0) is 24.3 Å². The molecule has 1 aliphatic rings. The maximum absolute atomic E-state index is 13.0. The van der Waals surface area contributed by atoms with E-state index in [1.54, 1.807) is 48.4 Å². The molecule has 0 saturated carbocycles. The Kier molecular flexibility index (Phi) is 4.96. The van der Waals surface area contributed by atoms with Gasteiger partial charge in [0.15, 0.2) is 12.3 Å². The minimum Gasteiger partial charge on any atom is -0.387 e. The fourth-order valence-corrected chi connectivity index (χ4v) is 4.75. The highest BCUT2D eigenvalue weighted by Crippen LogP contribution is 2.38. The second-order valence-electron chi connectivity index (χ2n) is 8.17. The van der Waals surface area contributed by atoms with Crippen LogP contribution in [0.25, 0.3) is 33.3 Å². The van der Waals surface area contributed by atoms with Crippen molar-refractivity contribution in [2.45, 2.75) is 24.5 Å². The molecule has 0 spiro atoms.